The largest absolute Gasteiger partial charge is 0.488 e. The number of hydrogen-bond acceptors (Lipinski definition) is 2. The summed E-state index contributed by atoms with van der Waals surface area (Å²) in [7, 11) is 0. The lowest BCUT2D eigenvalue weighted by Gasteiger charge is -2.12. The Morgan fingerprint density at radius 1 is 1.39 bits per heavy atom. The molecule has 0 bridgehead atoms. The fraction of sp³-hybridized carbons (Fsp3) is 0.429. The van der Waals surface area contributed by atoms with Crippen molar-refractivity contribution in [3.63, 3.8) is 0 Å². The van der Waals surface area contributed by atoms with E-state index in [9.17, 15) is 0 Å². The zero-order valence-electron chi connectivity index (χ0n) is 10.7. The smallest absolute Gasteiger partial charge is 0.125 e. The second-order valence-corrected chi connectivity index (χ2v) is 4.86. The van der Waals surface area contributed by atoms with Crippen LogP contribution in [0.4, 0.5) is 0 Å². The molecule has 1 aromatic carbocycles. The number of likely N-dealkylation sites (N-methyl/N-ethyl adjacent to an activating group) is 1. The molecule has 1 unspecified atom stereocenters. The minimum atomic E-state index is 0.304. The molecule has 0 radical (unpaired) electrons. The van der Waals surface area contributed by atoms with E-state index in [4.69, 9.17) is 27.9 Å². The Morgan fingerprint density at radius 2 is 2.06 bits per heavy atom. The third-order valence-electron chi connectivity index (χ3n) is 2.51. The van der Waals surface area contributed by atoms with Crippen molar-refractivity contribution in [1.82, 2.24) is 5.32 Å². The molecule has 0 aromatic heterocycles. The Bertz CT molecular complexity index is 376. The maximum absolute atomic E-state index is 5.75. The Morgan fingerprint density at radius 3 is 2.61 bits per heavy atom. The molecule has 0 spiro atoms. The Kier molecular flexibility index (Phi) is 7.18. The van der Waals surface area contributed by atoms with Gasteiger partial charge in [-0.2, -0.15) is 0 Å². The van der Waals surface area contributed by atoms with Gasteiger partial charge in [-0.25, -0.2) is 0 Å². The molecule has 0 aliphatic heterocycles. The topological polar surface area (TPSA) is 21.3 Å². The van der Waals surface area contributed by atoms with E-state index in [2.05, 4.69) is 31.3 Å². The van der Waals surface area contributed by atoms with Crippen molar-refractivity contribution >= 4 is 23.2 Å². The van der Waals surface area contributed by atoms with Crippen molar-refractivity contribution in [3.8, 4) is 5.75 Å². The summed E-state index contributed by atoms with van der Waals surface area (Å²) < 4.78 is 5.47. The molecule has 0 amide bonds. The van der Waals surface area contributed by atoms with Crippen LogP contribution in [0.15, 0.2) is 34.8 Å². The normalized spacial score (nSPS) is 13.4. The van der Waals surface area contributed by atoms with E-state index >= 15 is 0 Å². The monoisotopic (exact) mass is 287 g/mol. The predicted octanol–water partition coefficient (Wildman–Crippen LogP) is 3.92. The lowest BCUT2D eigenvalue weighted by molar-refractivity contribution is 0.359. The number of nitrogens with one attached hydrogen (secondary N) is 1. The molecule has 0 saturated heterocycles. The van der Waals surface area contributed by atoms with E-state index in [1.54, 1.807) is 0 Å². The molecule has 0 heterocycles. The summed E-state index contributed by atoms with van der Waals surface area (Å²) in [6, 6.07) is 8.53. The van der Waals surface area contributed by atoms with Gasteiger partial charge in [-0.3, -0.25) is 0 Å². The van der Waals surface area contributed by atoms with Crippen LogP contribution in [-0.4, -0.2) is 19.2 Å². The fourth-order valence-corrected chi connectivity index (χ4v) is 1.80. The van der Waals surface area contributed by atoms with Gasteiger partial charge in [0.05, 0.1) is 5.03 Å². The average molecular weight is 288 g/mol. The van der Waals surface area contributed by atoms with E-state index in [0.717, 1.165) is 18.7 Å². The molecule has 1 N–H and O–H groups in total. The maximum Gasteiger partial charge on any atom is 0.125 e. The van der Waals surface area contributed by atoms with Crippen molar-refractivity contribution < 1.29 is 4.74 Å². The highest BCUT2D eigenvalue weighted by atomic mass is 35.5. The van der Waals surface area contributed by atoms with Crippen molar-refractivity contribution in [2.45, 2.75) is 26.3 Å². The zero-order chi connectivity index (χ0) is 13.4. The van der Waals surface area contributed by atoms with Crippen LogP contribution in [0, 0.1) is 0 Å². The molecule has 0 saturated carbocycles. The van der Waals surface area contributed by atoms with Crippen LogP contribution in [0.25, 0.3) is 0 Å². The summed E-state index contributed by atoms with van der Waals surface area (Å²) >= 11 is 11.2. The minimum Gasteiger partial charge on any atom is -0.488 e. The first kappa shape index (κ1) is 15.4. The molecule has 1 rings (SSSR count). The van der Waals surface area contributed by atoms with Gasteiger partial charge in [-0.05, 0) is 37.6 Å². The first-order valence-corrected chi connectivity index (χ1v) is 6.87. The summed E-state index contributed by atoms with van der Waals surface area (Å²) in [5, 5.41) is 3.87. The van der Waals surface area contributed by atoms with Crippen LogP contribution in [0.3, 0.4) is 0 Å². The second kappa shape index (κ2) is 8.41. The summed E-state index contributed by atoms with van der Waals surface area (Å²) in [4.78, 5) is 0. The fourth-order valence-electron chi connectivity index (χ4n) is 1.68. The molecule has 0 fully saturated rings. The number of rotatable bonds is 7. The number of halogens is 2. The third kappa shape index (κ3) is 5.76. The standard InChI is InChI=1S/C14H19Cl2NO/c1-3-17-11(2)8-12-4-6-14(7-5-12)18-10-13(16)9-15/h4-7,9,11,17H,3,8,10H2,1-2H3/b13-9-. The number of hydrogen-bond donors (Lipinski definition) is 1. The highest BCUT2D eigenvalue weighted by Gasteiger charge is 2.02. The highest BCUT2D eigenvalue weighted by molar-refractivity contribution is 6.36. The summed E-state index contributed by atoms with van der Waals surface area (Å²) in [5.74, 6) is 0.798. The van der Waals surface area contributed by atoms with E-state index in [0.29, 0.717) is 17.7 Å². The van der Waals surface area contributed by atoms with Crippen molar-refractivity contribution in [2.75, 3.05) is 13.2 Å². The Balaban J connectivity index is 2.47. The lowest BCUT2D eigenvalue weighted by Crippen LogP contribution is -2.27. The molecule has 0 aliphatic rings. The quantitative estimate of drug-likeness (QED) is 0.821. The molecule has 1 atom stereocenters. The molecule has 18 heavy (non-hydrogen) atoms. The van der Waals surface area contributed by atoms with Crippen LogP contribution in [0.5, 0.6) is 5.75 Å². The van der Waals surface area contributed by atoms with Gasteiger partial charge in [0, 0.05) is 11.6 Å². The van der Waals surface area contributed by atoms with E-state index in [1.165, 1.54) is 11.1 Å². The first-order valence-electron chi connectivity index (χ1n) is 6.05. The van der Waals surface area contributed by atoms with Crippen molar-refractivity contribution in [2.24, 2.45) is 0 Å². The van der Waals surface area contributed by atoms with Gasteiger partial charge in [-0.15, -0.1) is 0 Å². The average Bonchev–Trinajstić information content (AvgIpc) is 2.37. The molecule has 2 nitrogen and oxygen atoms in total. The van der Waals surface area contributed by atoms with Gasteiger partial charge in [-0.1, -0.05) is 42.3 Å². The summed E-state index contributed by atoms with van der Waals surface area (Å²) in [5.41, 5.74) is 2.60. The number of benzene rings is 1. The van der Waals surface area contributed by atoms with Crippen LogP contribution in [0.1, 0.15) is 19.4 Å². The van der Waals surface area contributed by atoms with Gasteiger partial charge in [0.15, 0.2) is 0 Å². The van der Waals surface area contributed by atoms with Crippen LogP contribution in [0.2, 0.25) is 0 Å². The van der Waals surface area contributed by atoms with Gasteiger partial charge in [0.1, 0.15) is 12.4 Å². The minimum absolute atomic E-state index is 0.304. The van der Waals surface area contributed by atoms with Crippen molar-refractivity contribution in [1.29, 1.82) is 0 Å². The van der Waals surface area contributed by atoms with E-state index < -0.39 is 0 Å². The van der Waals surface area contributed by atoms with Gasteiger partial charge in [0.25, 0.3) is 0 Å². The lowest BCUT2D eigenvalue weighted by atomic mass is 10.1. The Labute approximate surface area is 119 Å². The van der Waals surface area contributed by atoms with E-state index in [1.807, 2.05) is 12.1 Å². The summed E-state index contributed by atoms with van der Waals surface area (Å²) in [6.45, 7) is 5.59. The number of ether oxygens (including phenoxy) is 1. The summed E-state index contributed by atoms with van der Waals surface area (Å²) in [6.07, 6.45) is 1.01. The van der Waals surface area contributed by atoms with Gasteiger partial charge >= 0.3 is 0 Å². The van der Waals surface area contributed by atoms with Gasteiger partial charge < -0.3 is 10.1 Å². The molecular weight excluding hydrogens is 269 g/mol. The Hall–Kier alpha value is -0.700. The predicted molar refractivity (Wildman–Crippen MR) is 78.6 cm³/mol. The first-order chi connectivity index (χ1) is 8.65. The molecule has 4 heteroatoms. The second-order valence-electron chi connectivity index (χ2n) is 4.15. The molecular formula is C14H19Cl2NO. The molecule has 1 aromatic rings. The van der Waals surface area contributed by atoms with Crippen LogP contribution < -0.4 is 10.1 Å². The van der Waals surface area contributed by atoms with Crippen LogP contribution in [-0.2, 0) is 6.42 Å². The van der Waals surface area contributed by atoms with Crippen LogP contribution >= 0.6 is 23.2 Å². The van der Waals surface area contributed by atoms with Crippen molar-refractivity contribution in [3.05, 3.63) is 40.4 Å². The zero-order valence-corrected chi connectivity index (χ0v) is 12.3. The molecule has 100 valence electrons. The van der Waals surface area contributed by atoms with Gasteiger partial charge in [0.2, 0.25) is 0 Å². The molecule has 0 aliphatic carbocycles. The van der Waals surface area contributed by atoms with E-state index in [-0.39, 0.29) is 0 Å². The highest BCUT2D eigenvalue weighted by Crippen LogP contribution is 2.15. The SMILES string of the molecule is CCNC(C)Cc1ccc(OC/C(Cl)=C/Cl)cc1. The maximum atomic E-state index is 5.75. The third-order valence-corrected chi connectivity index (χ3v) is 3.11.